The summed E-state index contributed by atoms with van der Waals surface area (Å²) in [6.45, 7) is 12.2. The van der Waals surface area contributed by atoms with Crippen LogP contribution in [0.4, 0.5) is 10.5 Å². The highest BCUT2D eigenvalue weighted by atomic mass is 16.6. The molecule has 116 valence electrons. The van der Waals surface area contributed by atoms with Crippen LogP contribution in [0.25, 0.3) is 0 Å². The first-order chi connectivity index (χ1) is 9.62. The van der Waals surface area contributed by atoms with Crippen molar-refractivity contribution in [1.82, 2.24) is 4.90 Å². The largest absolute Gasteiger partial charge is 0.414 e. The minimum absolute atomic E-state index is 0.0221. The van der Waals surface area contributed by atoms with E-state index < -0.39 is 0 Å². The van der Waals surface area contributed by atoms with Gasteiger partial charge in [0.15, 0.2) is 0 Å². The van der Waals surface area contributed by atoms with Gasteiger partial charge in [-0.3, -0.25) is 0 Å². The Morgan fingerprint density at radius 2 is 1.86 bits per heavy atom. The van der Waals surface area contributed by atoms with Gasteiger partial charge in [0.05, 0.1) is 0 Å². The SMILES string of the molecule is CCN1c2cc(OC(=O)N(C)C)ccc2C(C)(C)C1(C)C. The third-order valence-electron chi connectivity index (χ3n) is 5.02. The molecule has 0 N–H and O–H groups in total. The summed E-state index contributed by atoms with van der Waals surface area (Å²) in [5.41, 5.74) is 2.53. The van der Waals surface area contributed by atoms with E-state index in [9.17, 15) is 4.79 Å². The summed E-state index contributed by atoms with van der Waals surface area (Å²) in [4.78, 5) is 15.5. The smallest absolute Gasteiger partial charge is 0.410 e. The number of benzene rings is 1. The molecule has 1 aliphatic rings. The lowest BCUT2D eigenvalue weighted by atomic mass is 9.72. The molecule has 21 heavy (non-hydrogen) atoms. The number of nitrogens with zero attached hydrogens (tertiary/aromatic N) is 2. The zero-order valence-electron chi connectivity index (χ0n) is 14.2. The molecule has 1 aliphatic heterocycles. The number of ether oxygens (including phenoxy) is 1. The second-order valence-electron chi connectivity index (χ2n) is 6.87. The quantitative estimate of drug-likeness (QED) is 0.833. The molecule has 0 atom stereocenters. The minimum atomic E-state index is -0.352. The maximum absolute atomic E-state index is 11.7. The topological polar surface area (TPSA) is 32.8 Å². The molecule has 1 heterocycles. The number of rotatable bonds is 2. The van der Waals surface area contributed by atoms with E-state index in [2.05, 4.69) is 45.6 Å². The summed E-state index contributed by atoms with van der Waals surface area (Å²) in [6, 6.07) is 5.96. The third-order valence-corrected chi connectivity index (χ3v) is 5.02. The van der Waals surface area contributed by atoms with Gasteiger partial charge in [-0.1, -0.05) is 19.9 Å². The van der Waals surface area contributed by atoms with Gasteiger partial charge in [-0.25, -0.2) is 4.79 Å². The van der Waals surface area contributed by atoms with Crippen molar-refractivity contribution >= 4 is 11.8 Å². The van der Waals surface area contributed by atoms with Crippen molar-refractivity contribution in [1.29, 1.82) is 0 Å². The van der Waals surface area contributed by atoms with Crippen molar-refractivity contribution in [3.63, 3.8) is 0 Å². The number of carbonyl (C=O) groups is 1. The molecule has 0 aromatic heterocycles. The molecular weight excluding hydrogens is 264 g/mol. The Kier molecular flexibility index (Phi) is 3.68. The molecule has 4 nitrogen and oxygen atoms in total. The molecule has 0 fully saturated rings. The van der Waals surface area contributed by atoms with Crippen molar-refractivity contribution in [2.24, 2.45) is 0 Å². The summed E-state index contributed by atoms with van der Waals surface area (Å²) in [7, 11) is 3.36. The van der Waals surface area contributed by atoms with Crippen molar-refractivity contribution < 1.29 is 9.53 Å². The van der Waals surface area contributed by atoms with Crippen LogP contribution in [-0.2, 0) is 5.41 Å². The molecule has 4 heteroatoms. The monoisotopic (exact) mass is 290 g/mol. The predicted octanol–water partition coefficient (Wildman–Crippen LogP) is 3.64. The predicted molar refractivity (Wildman–Crippen MR) is 86.3 cm³/mol. The number of amides is 1. The third kappa shape index (κ3) is 2.27. The van der Waals surface area contributed by atoms with E-state index in [4.69, 9.17) is 4.74 Å². The lowest BCUT2D eigenvalue weighted by Crippen LogP contribution is -2.50. The van der Waals surface area contributed by atoms with E-state index in [1.807, 2.05) is 12.1 Å². The molecule has 1 aromatic carbocycles. The maximum Gasteiger partial charge on any atom is 0.414 e. The van der Waals surface area contributed by atoms with Crippen molar-refractivity contribution in [3.05, 3.63) is 23.8 Å². The molecule has 1 amide bonds. The number of hydrogen-bond acceptors (Lipinski definition) is 3. The second kappa shape index (κ2) is 4.93. The van der Waals surface area contributed by atoms with Crippen LogP contribution in [0.15, 0.2) is 18.2 Å². The lowest BCUT2D eigenvalue weighted by Gasteiger charge is -2.42. The Balaban J connectivity index is 2.44. The van der Waals surface area contributed by atoms with Crippen LogP contribution < -0.4 is 9.64 Å². The van der Waals surface area contributed by atoms with Crippen LogP contribution in [0.3, 0.4) is 0 Å². The van der Waals surface area contributed by atoms with Crippen LogP contribution in [0.5, 0.6) is 5.75 Å². The first-order valence-electron chi connectivity index (χ1n) is 7.44. The van der Waals surface area contributed by atoms with E-state index in [1.54, 1.807) is 14.1 Å². The van der Waals surface area contributed by atoms with Gasteiger partial charge < -0.3 is 14.5 Å². The summed E-state index contributed by atoms with van der Waals surface area (Å²) in [5, 5.41) is 0. The van der Waals surface area contributed by atoms with E-state index in [1.165, 1.54) is 10.5 Å². The average Bonchev–Trinajstić information content (AvgIpc) is 2.52. The van der Waals surface area contributed by atoms with E-state index in [0.717, 1.165) is 12.2 Å². The van der Waals surface area contributed by atoms with E-state index >= 15 is 0 Å². The Morgan fingerprint density at radius 3 is 2.38 bits per heavy atom. The first kappa shape index (κ1) is 15.7. The normalized spacial score (nSPS) is 18.3. The van der Waals surface area contributed by atoms with Gasteiger partial charge in [0.1, 0.15) is 5.75 Å². The molecule has 2 rings (SSSR count). The molecule has 0 unspecified atom stereocenters. The highest BCUT2D eigenvalue weighted by Crippen LogP contribution is 2.52. The Labute approximate surface area is 127 Å². The summed E-state index contributed by atoms with van der Waals surface area (Å²) in [5.74, 6) is 0.597. The molecule has 0 radical (unpaired) electrons. The van der Waals surface area contributed by atoms with E-state index in [0.29, 0.717) is 5.75 Å². The molecule has 0 spiro atoms. The fourth-order valence-electron chi connectivity index (χ4n) is 3.05. The number of hydrogen-bond donors (Lipinski definition) is 0. The number of fused-ring (bicyclic) bond motifs is 1. The summed E-state index contributed by atoms with van der Waals surface area (Å²) < 4.78 is 5.39. The molecule has 0 saturated heterocycles. The average molecular weight is 290 g/mol. The van der Waals surface area contributed by atoms with Crippen molar-refractivity contribution in [3.8, 4) is 5.75 Å². The van der Waals surface area contributed by atoms with Crippen molar-refractivity contribution in [2.45, 2.75) is 45.6 Å². The van der Waals surface area contributed by atoms with Crippen LogP contribution in [-0.4, -0.2) is 37.2 Å². The molecule has 0 aliphatic carbocycles. The van der Waals surface area contributed by atoms with Crippen LogP contribution in [0, 0.1) is 0 Å². The lowest BCUT2D eigenvalue weighted by molar-refractivity contribution is 0.172. The van der Waals surface area contributed by atoms with Crippen LogP contribution in [0.1, 0.15) is 40.2 Å². The molecule has 1 aromatic rings. The summed E-state index contributed by atoms with van der Waals surface area (Å²) in [6.07, 6.45) is -0.352. The van der Waals surface area contributed by atoms with Gasteiger partial charge in [-0.2, -0.15) is 0 Å². The van der Waals surface area contributed by atoms with E-state index in [-0.39, 0.29) is 17.0 Å². The molecular formula is C17H26N2O2. The number of anilines is 1. The highest BCUT2D eigenvalue weighted by molar-refractivity contribution is 5.73. The van der Waals surface area contributed by atoms with Crippen LogP contribution >= 0.6 is 0 Å². The van der Waals surface area contributed by atoms with Gasteiger partial charge >= 0.3 is 6.09 Å². The van der Waals surface area contributed by atoms with Gasteiger partial charge in [0.2, 0.25) is 0 Å². The zero-order valence-corrected chi connectivity index (χ0v) is 14.2. The fraction of sp³-hybridized carbons (Fsp3) is 0.588. The minimum Gasteiger partial charge on any atom is -0.410 e. The first-order valence-corrected chi connectivity index (χ1v) is 7.44. The van der Waals surface area contributed by atoms with Gasteiger partial charge in [0.25, 0.3) is 0 Å². The van der Waals surface area contributed by atoms with Crippen molar-refractivity contribution in [2.75, 3.05) is 25.5 Å². The standard InChI is InChI=1S/C17H26N2O2/c1-8-19-14-11-12(21-15(20)18(6)7)9-10-13(14)16(2,3)17(19,4)5/h9-11H,8H2,1-7H3. The van der Waals surface area contributed by atoms with Gasteiger partial charge in [0, 0.05) is 43.3 Å². The molecule has 0 bridgehead atoms. The highest BCUT2D eigenvalue weighted by Gasteiger charge is 2.50. The van der Waals surface area contributed by atoms with Gasteiger partial charge in [-0.15, -0.1) is 0 Å². The number of likely N-dealkylation sites (N-methyl/N-ethyl adjacent to an activating group) is 1. The zero-order chi connectivity index (χ0) is 16.0. The molecule has 0 saturated carbocycles. The maximum atomic E-state index is 11.7. The van der Waals surface area contributed by atoms with Crippen LogP contribution in [0.2, 0.25) is 0 Å². The fourth-order valence-corrected chi connectivity index (χ4v) is 3.05. The summed E-state index contributed by atoms with van der Waals surface area (Å²) >= 11 is 0. The second-order valence-corrected chi connectivity index (χ2v) is 6.87. The Morgan fingerprint density at radius 1 is 1.24 bits per heavy atom. The Bertz CT molecular complexity index is 562. The Hall–Kier alpha value is -1.71. The number of carbonyl (C=O) groups excluding carboxylic acids is 1. The van der Waals surface area contributed by atoms with Gasteiger partial charge in [-0.05, 0) is 32.4 Å².